The van der Waals surface area contributed by atoms with Crippen molar-refractivity contribution in [2.24, 2.45) is 0 Å². The van der Waals surface area contributed by atoms with Crippen molar-refractivity contribution in [2.45, 2.75) is 12.5 Å². The molecule has 2 aromatic rings. The summed E-state index contributed by atoms with van der Waals surface area (Å²) in [5.41, 5.74) is 1.88. The van der Waals surface area contributed by atoms with Crippen LogP contribution in [0.2, 0.25) is 0 Å². The first-order chi connectivity index (χ1) is 11.7. The third-order valence-electron chi connectivity index (χ3n) is 4.53. The SMILES string of the molecule is CN1CCN(CCCNC(=O)c2ccn[nH]2)C(c2ccccc2)C1. The van der Waals surface area contributed by atoms with Gasteiger partial charge >= 0.3 is 0 Å². The Morgan fingerprint density at radius 3 is 2.88 bits per heavy atom. The van der Waals surface area contributed by atoms with Crippen LogP contribution in [0.1, 0.15) is 28.5 Å². The van der Waals surface area contributed by atoms with Gasteiger partial charge in [-0.05, 0) is 25.1 Å². The zero-order chi connectivity index (χ0) is 16.8. The smallest absolute Gasteiger partial charge is 0.269 e. The fraction of sp³-hybridized carbons (Fsp3) is 0.444. The highest BCUT2D eigenvalue weighted by Gasteiger charge is 2.25. The normalized spacial score (nSPS) is 19.3. The molecule has 1 aliphatic rings. The first-order valence-electron chi connectivity index (χ1n) is 8.49. The van der Waals surface area contributed by atoms with Crippen molar-refractivity contribution in [2.75, 3.05) is 39.8 Å². The van der Waals surface area contributed by atoms with E-state index in [9.17, 15) is 4.79 Å². The lowest BCUT2D eigenvalue weighted by molar-refractivity contribution is 0.0864. The molecule has 0 aliphatic carbocycles. The fourth-order valence-corrected chi connectivity index (χ4v) is 3.18. The van der Waals surface area contributed by atoms with Crippen molar-refractivity contribution in [3.8, 4) is 0 Å². The minimum absolute atomic E-state index is 0.0921. The molecule has 6 heteroatoms. The summed E-state index contributed by atoms with van der Waals surface area (Å²) < 4.78 is 0. The van der Waals surface area contributed by atoms with Crippen LogP contribution >= 0.6 is 0 Å². The molecule has 2 N–H and O–H groups in total. The van der Waals surface area contributed by atoms with Gasteiger partial charge in [0.15, 0.2) is 0 Å². The quantitative estimate of drug-likeness (QED) is 0.790. The third kappa shape index (κ3) is 4.21. The maximum Gasteiger partial charge on any atom is 0.269 e. The number of likely N-dealkylation sites (N-methyl/N-ethyl adjacent to an activating group) is 1. The summed E-state index contributed by atoms with van der Waals surface area (Å²) in [7, 11) is 2.18. The summed E-state index contributed by atoms with van der Waals surface area (Å²) in [6.07, 6.45) is 2.52. The maximum absolute atomic E-state index is 11.9. The predicted molar refractivity (Wildman–Crippen MR) is 93.8 cm³/mol. The molecule has 0 bridgehead atoms. The summed E-state index contributed by atoms with van der Waals surface area (Å²) >= 11 is 0. The number of H-pyrrole nitrogens is 1. The second kappa shape index (κ2) is 8.08. The van der Waals surface area contributed by atoms with Crippen molar-refractivity contribution >= 4 is 5.91 Å². The number of aromatic amines is 1. The Balaban J connectivity index is 1.50. The molecule has 3 rings (SSSR count). The van der Waals surface area contributed by atoms with E-state index >= 15 is 0 Å². The van der Waals surface area contributed by atoms with Crippen LogP contribution in [0.15, 0.2) is 42.6 Å². The van der Waals surface area contributed by atoms with E-state index in [0.717, 1.165) is 32.6 Å². The second-order valence-electron chi connectivity index (χ2n) is 6.30. The van der Waals surface area contributed by atoms with E-state index in [4.69, 9.17) is 0 Å². The number of amides is 1. The van der Waals surface area contributed by atoms with Gasteiger partial charge in [0.2, 0.25) is 0 Å². The topological polar surface area (TPSA) is 64.3 Å². The molecule has 0 saturated carbocycles. The monoisotopic (exact) mass is 327 g/mol. The summed E-state index contributed by atoms with van der Waals surface area (Å²) in [5.74, 6) is -0.0921. The van der Waals surface area contributed by atoms with Crippen LogP contribution in [-0.4, -0.2) is 65.7 Å². The number of nitrogens with zero attached hydrogens (tertiary/aromatic N) is 3. The Morgan fingerprint density at radius 2 is 2.12 bits per heavy atom. The van der Waals surface area contributed by atoms with Crippen molar-refractivity contribution < 1.29 is 4.79 Å². The van der Waals surface area contributed by atoms with Gasteiger partial charge in [0.05, 0.1) is 0 Å². The van der Waals surface area contributed by atoms with Gasteiger partial charge in [0, 0.05) is 45.0 Å². The Morgan fingerprint density at radius 1 is 1.29 bits per heavy atom. The average Bonchev–Trinajstić information content (AvgIpc) is 3.15. The molecule has 2 heterocycles. The number of benzene rings is 1. The second-order valence-corrected chi connectivity index (χ2v) is 6.30. The van der Waals surface area contributed by atoms with E-state index in [-0.39, 0.29) is 5.91 Å². The zero-order valence-corrected chi connectivity index (χ0v) is 14.1. The summed E-state index contributed by atoms with van der Waals surface area (Å²) in [4.78, 5) is 16.8. The Bertz CT molecular complexity index is 628. The molecule has 1 atom stereocenters. The molecule has 1 aromatic carbocycles. The fourth-order valence-electron chi connectivity index (χ4n) is 3.18. The van der Waals surface area contributed by atoms with Crippen molar-refractivity contribution in [3.05, 3.63) is 53.9 Å². The van der Waals surface area contributed by atoms with Gasteiger partial charge < -0.3 is 10.2 Å². The van der Waals surface area contributed by atoms with Gasteiger partial charge in [0.25, 0.3) is 5.91 Å². The zero-order valence-electron chi connectivity index (χ0n) is 14.1. The van der Waals surface area contributed by atoms with Crippen molar-refractivity contribution in [1.29, 1.82) is 0 Å². The number of piperazine rings is 1. The van der Waals surface area contributed by atoms with Gasteiger partial charge in [-0.25, -0.2) is 0 Å². The Hall–Kier alpha value is -2.18. The van der Waals surface area contributed by atoms with Gasteiger partial charge in [-0.3, -0.25) is 14.8 Å². The highest BCUT2D eigenvalue weighted by molar-refractivity contribution is 5.91. The number of rotatable bonds is 6. The van der Waals surface area contributed by atoms with Crippen LogP contribution in [0.5, 0.6) is 0 Å². The van der Waals surface area contributed by atoms with Gasteiger partial charge in [0.1, 0.15) is 5.69 Å². The minimum Gasteiger partial charge on any atom is -0.351 e. The molecule has 1 aliphatic heterocycles. The summed E-state index contributed by atoms with van der Waals surface area (Å²) in [6, 6.07) is 12.8. The van der Waals surface area contributed by atoms with Gasteiger partial charge in [-0.15, -0.1) is 0 Å². The Labute approximate surface area is 142 Å². The Kier molecular flexibility index (Phi) is 5.61. The average molecular weight is 327 g/mol. The maximum atomic E-state index is 11.9. The molecule has 6 nitrogen and oxygen atoms in total. The number of aromatic nitrogens is 2. The molecule has 0 spiro atoms. The molecule has 1 unspecified atom stereocenters. The largest absolute Gasteiger partial charge is 0.351 e. The lowest BCUT2D eigenvalue weighted by atomic mass is 10.0. The van der Waals surface area contributed by atoms with E-state index in [1.165, 1.54) is 5.56 Å². The summed E-state index contributed by atoms with van der Waals surface area (Å²) in [6.45, 7) is 4.85. The van der Waals surface area contributed by atoms with E-state index in [1.807, 2.05) is 0 Å². The van der Waals surface area contributed by atoms with Crippen LogP contribution in [0.3, 0.4) is 0 Å². The standard InChI is InChI=1S/C18H25N5O/c1-22-12-13-23(17(14-22)15-6-3-2-4-7-15)11-5-9-19-18(24)16-8-10-20-21-16/h2-4,6-8,10,17H,5,9,11-14H2,1H3,(H,19,24)(H,20,21). The van der Waals surface area contributed by atoms with Crippen LogP contribution < -0.4 is 5.32 Å². The number of hydrogen-bond donors (Lipinski definition) is 2. The molecule has 1 saturated heterocycles. The van der Waals surface area contributed by atoms with Crippen LogP contribution in [0.4, 0.5) is 0 Å². The van der Waals surface area contributed by atoms with E-state index in [0.29, 0.717) is 18.3 Å². The van der Waals surface area contributed by atoms with E-state index in [1.54, 1.807) is 12.3 Å². The highest BCUT2D eigenvalue weighted by atomic mass is 16.1. The molecule has 1 fully saturated rings. The predicted octanol–water partition coefficient (Wildman–Crippen LogP) is 1.52. The molecular weight excluding hydrogens is 302 g/mol. The van der Waals surface area contributed by atoms with Gasteiger partial charge in [-0.2, -0.15) is 5.10 Å². The van der Waals surface area contributed by atoms with Gasteiger partial charge in [-0.1, -0.05) is 30.3 Å². The molecule has 1 amide bonds. The van der Waals surface area contributed by atoms with Crippen LogP contribution in [0, 0.1) is 0 Å². The highest BCUT2D eigenvalue weighted by Crippen LogP contribution is 2.24. The molecule has 24 heavy (non-hydrogen) atoms. The lowest BCUT2D eigenvalue weighted by Gasteiger charge is -2.40. The first kappa shape index (κ1) is 16.7. The third-order valence-corrected chi connectivity index (χ3v) is 4.53. The molecule has 0 radical (unpaired) electrons. The van der Waals surface area contributed by atoms with Crippen LogP contribution in [0.25, 0.3) is 0 Å². The van der Waals surface area contributed by atoms with E-state index in [2.05, 4.69) is 62.7 Å². The lowest BCUT2D eigenvalue weighted by Crippen LogP contribution is -2.47. The number of hydrogen-bond acceptors (Lipinski definition) is 4. The first-order valence-corrected chi connectivity index (χ1v) is 8.49. The number of carbonyl (C=O) groups is 1. The van der Waals surface area contributed by atoms with E-state index < -0.39 is 0 Å². The van der Waals surface area contributed by atoms with Crippen LogP contribution in [-0.2, 0) is 0 Å². The minimum atomic E-state index is -0.0921. The molecule has 128 valence electrons. The molecular formula is C18H25N5O. The number of carbonyl (C=O) groups excluding carboxylic acids is 1. The van der Waals surface area contributed by atoms with Crippen molar-refractivity contribution in [3.63, 3.8) is 0 Å². The summed E-state index contributed by atoms with van der Waals surface area (Å²) in [5, 5.41) is 9.42. The van der Waals surface area contributed by atoms with Crippen molar-refractivity contribution in [1.82, 2.24) is 25.3 Å². The number of nitrogens with one attached hydrogen (secondary N) is 2. The molecule has 1 aromatic heterocycles.